The number of hydrogen-bond donors (Lipinski definition) is 1. The Morgan fingerprint density at radius 2 is 1.95 bits per heavy atom. The van der Waals surface area contributed by atoms with Crippen LogP contribution in [0.25, 0.3) is 0 Å². The topological polar surface area (TPSA) is 41.1 Å². The standard InChI is InChI=1S/C15H28N4S2/c1-15(2,3)10-7-8-11(16-4)12(9-10)20-14-18-17-13(21-14)19(5)6/h10-12,16H,7-9H2,1-6H3. The number of hydrogen-bond acceptors (Lipinski definition) is 6. The Kier molecular flexibility index (Phi) is 5.54. The van der Waals surface area contributed by atoms with Crippen LogP contribution in [0.4, 0.5) is 5.13 Å². The van der Waals surface area contributed by atoms with Crippen molar-refractivity contribution in [3.8, 4) is 0 Å². The molecule has 1 saturated carbocycles. The summed E-state index contributed by atoms with van der Waals surface area (Å²) < 4.78 is 1.10. The minimum absolute atomic E-state index is 0.396. The molecular formula is C15H28N4S2. The second-order valence-corrected chi connectivity index (χ2v) is 9.61. The highest BCUT2D eigenvalue weighted by atomic mass is 32.2. The van der Waals surface area contributed by atoms with Crippen LogP contribution in [0.5, 0.6) is 0 Å². The van der Waals surface area contributed by atoms with E-state index in [4.69, 9.17) is 0 Å². The van der Waals surface area contributed by atoms with Gasteiger partial charge in [-0.25, -0.2) is 0 Å². The first-order valence-electron chi connectivity index (χ1n) is 7.66. The van der Waals surface area contributed by atoms with Crippen molar-refractivity contribution in [1.82, 2.24) is 15.5 Å². The zero-order valence-corrected chi connectivity index (χ0v) is 15.6. The van der Waals surface area contributed by atoms with Crippen molar-refractivity contribution in [3.05, 3.63) is 0 Å². The van der Waals surface area contributed by atoms with E-state index in [1.165, 1.54) is 19.3 Å². The number of nitrogens with one attached hydrogen (secondary N) is 1. The van der Waals surface area contributed by atoms with Crippen molar-refractivity contribution in [3.63, 3.8) is 0 Å². The summed E-state index contributed by atoms with van der Waals surface area (Å²) in [5, 5.41) is 13.7. The van der Waals surface area contributed by atoms with Crippen LogP contribution in [0, 0.1) is 11.3 Å². The molecule has 0 saturated heterocycles. The van der Waals surface area contributed by atoms with Gasteiger partial charge in [0.1, 0.15) is 0 Å². The van der Waals surface area contributed by atoms with Crippen LogP contribution >= 0.6 is 23.1 Å². The molecule has 3 unspecified atom stereocenters. The first-order valence-corrected chi connectivity index (χ1v) is 9.35. The highest BCUT2D eigenvalue weighted by Crippen LogP contribution is 2.44. The van der Waals surface area contributed by atoms with Crippen molar-refractivity contribution >= 4 is 28.2 Å². The van der Waals surface area contributed by atoms with Crippen LogP contribution < -0.4 is 10.2 Å². The Hall–Kier alpha value is -0.330. The fourth-order valence-corrected chi connectivity index (χ4v) is 5.34. The van der Waals surface area contributed by atoms with Crippen molar-refractivity contribution in [2.24, 2.45) is 11.3 Å². The first-order chi connectivity index (χ1) is 9.81. The molecule has 1 heterocycles. The molecule has 0 radical (unpaired) electrons. The summed E-state index contributed by atoms with van der Waals surface area (Å²) in [5.74, 6) is 0.792. The van der Waals surface area contributed by atoms with Gasteiger partial charge in [-0.05, 0) is 37.6 Å². The fourth-order valence-electron chi connectivity index (χ4n) is 2.94. The molecule has 1 aliphatic carbocycles. The highest BCUT2D eigenvalue weighted by Gasteiger charge is 2.36. The molecule has 21 heavy (non-hydrogen) atoms. The van der Waals surface area contributed by atoms with Gasteiger partial charge in [0, 0.05) is 25.4 Å². The third kappa shape index (κ3) is 4.33. The lowest BCUT2D eigenvalue weighted by Crippen LogP contribution is -2.43. The van der Waals surface area contributed by atoms with Crippen molar-refractivity contribution in [1.29, 1.82) is 0 Å². The Bertz CT molecular complexity index is 453. The predicted molar refractivity (Wildman–Crippen MR) is 93.5 cm³/mol. The number of rotatable bonds is 4. The van der Waals surface area contributed by atoms with Gasteiger partial charge in [-0.1, -0.05) is 43.9 Å². The van der Waals surface area contributed by atoms with Gasteiger partial charge in [0.05, 0.1) is 0 Å². The van der Waals surface area contributed by atoms with E-state index in [-0.39, 0.29) is 0 Å². The summed E-state index contributed by atoms with van der Waals surface area (Å²) >= 11 is 3.61. The summed E-state index contributed by atoms with van der Waals surface area (Å²) in [6, 6.07) is 0.584. The zero-order chi connectivity index (χ0) is 15.6. The summed E-state index contributed by atoms with van der Waals surface area (Å²) in [6.45, 7) is 7.11. The Labute approximate surface area is 137 Å². The van der Waals surface area contributed by atoms with Crippen LogP contribution in [0.1, 0.15) is 40.0 Å². The maximum atomic E-state index is 4.35. The number of nitrogens with zero attached hydrogens (tertiary/aromatic N) is 3. The van der Waals surface area contributed by atoms with E-state index in [2.05, 4.69) is 43.3 Å². The van der Waals surface area contributed by atoms with Gasteiger partial charge in [0.2, 0.25) is 5.13 Å². The maximum absolute atomic E-state index is 4.35. The molecule has 3 atom stereocenters. The minimum atomic E-state index is 0.396. The molecule has 120 valence electrons. The van der Waals surface area contributed by atoms with Crippen LogP contribution in [0.2, 0.25) is 0 Å². The Morgan fingerprint density at radius 3 is 2.48 bits per heavy atom. The number of aromatic nitrogens is 2. The molecule has 0 bridgehead atoms. The van der Waals surface area contributed by atoms with E-state index in [0.29, 0.717) is 16.7 Å². The number of anilines is 1. The average Bonchev–Trinajstić information content (AvgIpc) is 2.86. The molecule has 0 amide bonds. The monoisotopic (exact) mass is 328 g/mol. The summed E-state index contributed by atoms with van der Waals surface area (Å²) in [5.41, 5.74) is 0.396. The predicted octanol–water partition coefficient (Wildman–Crippen LogP) is 3.50. The van der Waals surface area contributed by atoms with E-state index in [1.807, 2.05) is 30.8 Å². The van der Waals surface area contributed by atoms with E-state index in [9.17, 15) is 0 Å². The van der Waals surface area contributed by atoms with Gasteiger partial charge in [0.15, 0.2) is 4.34 Å². The van der Waals surface area contributed by atoms with Gasteiger partial charge in [0.25, 0.3) is 0 Å². The van der Waals surface area contributed by atoms with E-state index in [1.54, 1.807) is 11.3 Å². The molecule has 0 spiro atoms. The molecule has 1 fully saturated rings. The van der Waals surface area contributed by atoms with Gasteiger partial charge >= 0.3 is 0 Å². The maximum Gasteiger partial charge on any atom is 0.208 e. The second-order valence-electron chi connectivity index (χ2n) is 7.17. The lowest BCUT2D eigenvalue weighted by molar-refractivity contribution is 0.167. The largest absolute Gasteiger partial charge is 0.353 e. The molecule has 2 rings (SSSR count). The van der Waals surface area contributed by atoms with Crippen molar-refractivity contribution < 1.29 is 0 Å². The minimum Gasteiger partial charge on any atom is -0.353 e. The van der Waals surface area contributed by atoms with Gasteiger partial charge in [-0.2, -0.15) is 0 Å². The van der Waals surface area contributed by atoms with Crippen molar-refractivity contribution in [2.45, 2.75) is 55.7 Å². The van der Waals surface area contributed by atoms with Crippen LogP contribution in [0.3, 0.4) is 0 Å². The Balaban J connectivity index is 2.06. The Morgan fingerprint density at radius 1 is 1.24 bits per heavy atom. The molecule has 0 aliphatic heterocycles. The molecule has 1 aromatic heterocycles. The normalized spacial score (nSPS) is 26.9. The third-order valence-corrected chi connectivity index (χ3v) is 6.95. The fraction of sp³-hybridized carbons (Fsp3) is 0.867. The molecule has 1 aliphatic rings. The summed E-state index contributed by atoms with van der Waals surface area (Å²) in [4.78, 5) is 2.02. The van der Waals surface area contributed by atoms with E-state index in [0.717, 1.165) is 15.4 Å². The van der Waals surface area contributed by atoms with Crippen LogP contribution in [0.15, 0.2) is 4.34 Å². The highest BCUT2D eigenvalue weighted by molar-refractivity contribution is 8.01. The lowest BCUT2D eigenvalue weighted by Gasteiger charge is -2.41. The van der Waals surface area contributed by atoms with Crippen LogP contribution in [-0.2, 0) is 0 Å². The third-order valence-electron chi connectivity index (χ3n) is 4.42. The zero-order valence-electron chi connectivity index (χ0n) is 14.0. The molecule has 1 aromatic rings. The van der Waals surface area contributed by atoms with Crippen LogP contribution in [-0.4, -0.2) is 42.6 Å². The SMILES string of the molecule is CNC1CCC(C(C)(C)C)CC1Sc1nnc(N(C)C)s1. The average molecular weight is 329 g/mol. The van der Waals surface area contributed by atoms with E-state index >= 15 is 0 Å². The summed E-state index contributed by atoms with van der Waals surface area (Å²) in [7, 11) is 6.12. The van der Waals surface area contributed by atoms with Gasteiger partial charge in [-0.15, -0.1) is 10.2 Å². The molecule has 6 heteroatoms. The lowest BCUT2D eigenvalue weighted by atomic mass is 9.71. The molecule has 4 nitrogen and oxygen atoms in total. The molecular weight excluding hydrogens is 300 g/mol. The van der Waals surface area contributed by atoms with Gasteiger partial charge in [-0.3, -0.25) is 0 Å². The number of thioether (sulfide) groups is 1. The quantitative estimate of drug-likeness (QED) is 0.916. The first kappa shape index (κ1) is 17.0. The van der Waals surface area contributed by atoms with Gasteiger partial charge < -0.3 is 10.2 Å². The van der Waals surface area contributed by atoms with Crippen molar-refractivity contribution in [2.75, 3.05) is 26.0 Å². The summed E-state index contributed by atoms with van der Waals surface area (Å²) in [6.07, 6.45) is 3.84. The second kappa shape index (κ2) is 6.84. The van der Waals surface area contributed by atoms with E-state index < -0.39 is 0 Å². The molecule has 0 aromatic carbocycles. The molecule has 1 N–H and O–H groups in total. The smallest absolute Gasteiger partial charge is 0.208 e.